The average molecular weight is 296 g/mol. The van der Waals surface area contributed by atoms with E-state index in [0.29, 0.717) is 11.1 Å². The van der Waals surface area contributed by atoms with Gasteiger partial charge in [-0.15, -0.1) is 12.4 Å². The molecule has 3 rings (SSSR count). The number of fused-ring (bicyclic) bond motifs is 1. The van der Waals surface area contributed by atoms with Crippen LogP contribution in [-0.2, 0) is 6.42 Å². The largest absolute Gasteiger partial charge is 0.369 e. The van der Waals surface area contributed by atoms with Crippen molar-refractivity contribution >= 4 is 29.9 Å². The van der Waals surface area contributed by atoms with Crippen LogP contribution < -0.4 is 15.5 Å². The van der Waals surface area contributed by atoms with Gasteiger partial charge in [-0.3, -0.25) is 14.9 Å². The smallest absolute Gasteiger partial charge is 0.259 e. The number of nitrogens with zero attached hydrogens (tertiary/aromatic N) is 1. The maximum absolute atomic E-state index is 11.9. The van der Waals surface area contributed by atoms with E-state index in [-0.39, 0.29) is 24.2 Å². The fourth-order valence-corrected chi connectivity index (χ4v) is 2.88. The Hall–Kier alpha value is -1.59. The predicted octanol–water partition coefficient (Wildman–Crippen LogP) is 0.964. The van der Waals surface area contributed by atoms with E-state index in [1.807, 2.05) is 13.0 Å². The minimum Gasteiger partial charge on any atom is -0.369 e. The zero-order valence-electron chi connectivity index (χ0n) is 11.4. The molecule has 0 radical (unpaired) electrons. The lowest BCUT2D eigenvalue weighted by Gasteiger charge is -2.31. The lowest BCUT2D eigenvalue weighted by Crippen LogP contribution is -2.44. The second kappa shape index (κ2) is 5.81. The first-order valence-corrected chi connectivity index (χ1v) is 6.69. The van der Waals surface area contributed by atoms with E-state index >= 15 is 0 Å². The number of carbonyl (C=O) groups excluding carboxylic acids is 2. The molecule has 2 heterocycles. The van der Waals surface area contributed by atoms with Gasteiger partial charge in [0.1, 0.15) is 0 Å². The molecular weight excluding hydrogens is 278 g/mol. The molecule has 6 heteroatoms. The van der Waals surface area contributed by atoms with Gasteiger partial charge in [0.05, 0.1) is 11.1 Å². The molecule has 0 bridgehead atoms. The maximum Gasteiger partial charge on any atom is 0.259 e. The van der Waals surface area contributed by atoms with Crippen LogP contribution in [0.1, 0.15) is 33.2 Å². The van der Waals surface area contributed by atoms with E-state index in [9.17, 15) is 9.59 Å². The molecule has 5 nitrogen and oxygen atoms in total. The quantitative estimate of drug-likeness (QED) is 0.798. The van der Waals surface area contributed by atoms with Gasteiger partial charge in [-0.25, -0.2) is 0 Å². The van der Waals surface area contributed by atoms with Gasteiger partial charge in [-0.2, -0.15) is 0 Å². The normalized spacial score (nSPS) is 17.6. The van der Waals surface area contributed by atoms with Crippen molar-refractivity contribution in [3.05, 3.63) is 28.8 Å². The monoisotopic (exact) mass is 295 g/mol. The molecule has 0 saturated carbocycles. The summed E-state index contributed by atoms with van der Waals surface area (Å²) in [5.74, 6) is -0.532. The summed E-state index contributed by atoms with van der Waals surface area (Å²) in [6.45, 7) is 5.79. The number of amides is 2. The molecule has 2 amide bonds. The average Bonchev–Trinajstić information content (AvgIpc) is 2.74. The second-order valence-corrected chi connectivity index (χ2v) is 4.86. The van der Waals surface area contributed by atoms with Crippen LogP contribution in [0.25, 0.3) is 0 Å². The molecule has 0 unspecified atom stereocenters. The fourth-order valence-electron chi connectivity index (χ4n) is 2.88. The van der Waals surface area contributed by atoms with E-state index in [1.165, 1.54) is 0 Å². The van der Waals surface area contributed by atoms with Gasteiger partial charge in [0.2, 0.25) is 0 Å². The molecule has 0 atom stereocenters. The summed E-state index contributed by atoms with van der Waals surface area (Å²) in [6.07, 6.45) is 0.753. The standard InChI is InChI=1S/C14H17N3O2.ClH/c1-2-9-11(17-7-5-15-6-8-17)4-3-10-12(9)14(19)16-13(10)18;/h3-4,15H,2,5-8H2,1H3,(H,16,18,19);1H. The topological polar surface area (TPSA) is 61.4 Å². The van der Waals surface area contributed by atoms with Crippen LogP contribution in [0.3, 0.4) is 0 Å². The number of piperazine rings is 1. The Balaban J connectivity index is 0.00000147. The molecule has 0 aliphatic carbocycles. The highest BCUT2D eigenvalue weighted by atomic mass is 35.5. The van der Waals surface area contributed by atoms with Crippen LogP contribution in [0.4, 0.5) is 5.69 Å². The number of hydrogen-bond acceptors (Lipinski definition) is 4. The van der Waals surface area contributed by atoms with Crippen molar-refractivity contribution in [1.82, 2.24) is 10.6 Å². The molecule has 1 aromatic carbocycles. The second-order valence-electron chi connectivity index (χ2n) is 4.86. The summed E-state index contributed by atoms with van der Waals surface area (Å²) in [7, 11) is 0. The van der Waals surface area contributed by atoms with Crippen molar-refractivity contribution in [1.29, 1.82) is 0 Å². The first-order valence-electron chi connectivity index (χ1n) is 6.69. The first-order chi connectivity index (χ1) is 9.22. The van der Waals surface area contributed by atoms with Crippen molar-refractivity contribution in [2.24, 2.45) is 0 Å². The molecule has 20 heavy (non-hydrogen) atoms. The maximum atomic E-state index is 11.9. The van der Waals surface area contributed by atoms with Gasteiger partial charge in [0.25, 0.3) is 11.8 Å². The minimum absolute atomic E-state index is 0. The van der Waals surface area contributed by atoms with Gasteiger partial charge in [-0.1, -0.05) is 6.92 Å². The molecule has 2 aliphatic rings. The van der Waals surface area contributed by atoms with Gasteiger partial charge >= 0.3 is 0 Å². The highest BCUT2D eigenvalue weighted by Crippen LogP contribution is 2.30. The third kappa shape index (κ3) is 2.27. The zero-order chi connectivity index (χ0) is 13.4. The fraction of sp³-hybridized carbons (Fsp3) is 0.429. The Morgan fingerprint density at radius 1 is 1.15 bits per heavy atom. The van der Waals surface area contributed by atoms with E-state index in [4.69, 9.17) is 0 Å². The van der Waals surface area contributed by atoms with Gasteiger partial charge < -0.3 is 10.2 Å². The number of carbonyl (C=O) groups is 2. The number of nitrogens with one attached hydrogen (secondary N) is 2. The number of benzene rings is 1. The molecule has 2 aliphatic heterocycles. The van der Waals surface area contributed by atoms with Gasteiger partial charge in [-0.05, 0) is 24.1 Å². The Morgan fingerprint density at radius 2 is 1.85 bits per heavy atom. The van der Waals surface area contributed by atoms with Gasteiger partial charge in [0.15, 0.2) is 0 Å². The summed E-state index contributed by atoms with van der Waals surface area (Å²) in [6, 6.07) is 3.74. The van der Waals surface area contributed by atoms with Crippen molar-refractivity contribution in [3.63, 3.8) is 0 Å². The highest BCUT2D eigenvalue weighted by molar-refractivity contribution is 6.22. The molecule has 0 aromatic heterocycles. The summed E-state index contributed by atoms with van der Waals surface area (Å²) >= 11 is 0. The van der Waals surface area contributed by atoms with Crippen LogP contribution in [0.5, 0.6) is 0 Å². The van der Waals surface area contributed by atoms with Crippen molar-refractivity contribution in [3.8, 4) is 0 Å². The summed E-state index contributed by atoms with van der Waals surface area (Å²) < 4.78 is 0. The van der Waals surface area contributed by atoms with Crippen molar-refractivity contribution < 1.29 is 9.59 Å². The van der Waals surface area contributed by atoms with Crippen LogP contribution in [0, 0.1) is 0 Å². The summed E-state index contributed by atoms with van der Waals surface area (Å²) in [5.41, 5.74) is 3.17. The van der Waals surface area contributed by atoms with Crippen LogP contribution in [0.2, 0.25) is 0 Å². The molecule has 1 aromatic rings. The molecule has 2 N–H and O–H groups in total. The highest BCUT2D eigenvalue weighted by Gasteiger charge is 2.31. The first kappa shape index (κ1) is 14.8. The molecule has 0 spiro atoms. The number of rotatable bonds is 2. The lowest BCUT2D eigenvalue weighted by atomic mass is 9.97. The van der Waals surface area contributed by atoms with Crippen LogP contribution in [0.15, 0.2) is 12.1 Å². The van der Waals surface area contributed by atoms with Crippen LogP contribution >= 0.6 is 12.4 Å². The van der Waals surface area contributed by atoms with Crippen LogP contribution in [-0.4, -0.2) is 38.0 Å². The number of imide groups is 1. The molecule has 108 valence electrons. The number of anilines is 1. The predicted molar refractivity (Wildman–Crippen MR) is 79.9 cm³/mol. The minimum atomic E-state index is -0.276. The SMILES string of the molecule is CCc1c(N2CCNCC2)ccc2c1C(=O)NC2=O.Cl. The number of halogens is 1. The molecule has 1 saturated heterocycles. The van der Waals surface area contributed by atoms with Gasteiger partial charge in [0, 0.05) is 31.9 Å². The Bertz CT molecular complexity index is 554. The molecule has 1 fully saturated rings. The van der Waals surface area contributed by atoms with Crippen molar-refractivity contribution in [2.45, 2.75) is 13.3 Å². The third-order valence-corrected chi connectivity index (χ3v) is 3.80. The number of hydrogen-bond donors (Lipinski definition) is 2. The van der Waals surface area contributed by atoms with E-state index < -0.39 is 0 Å². The van der Waals surface area contributed by atoms with E-state index in [2.05, 4.69) is 15.5 Å². The Labute approximate surface area is 124 Å². The molecular formula is C14H18ClN3O2. The Kier molecular flexibility index (Phi) is 4.30. The third-order valence-electron chi connectivity index (χ3n) is 3.80. The Morgan fingerprint density at radius 3 is 2.50 bits per heavy atom. The summed E-state index contributed by atoms with van der Waals surface area (Å²) in [5, 5.41) is 5.69. The van der Waals surface area contributed by atoms with E-state index in [1.54, 1.807) is 6.07 Å². The van der Waals surface area contributed by atoms with E-state index in [0.717, 1.165) is 43.9 Å². The zero-order valence-corrected chi connectivity index (χ0v) is 12.2. The van der Waals surface area contributed by atoms with Crippen molar-refractivity contribution in [2.75, 3.05) is 31.1 Å². The summed E-state index contributed by atoms with van der Waals surface area (Å²) in [4.78, 5) is 25.9. The lowest BCUT2D eigenvalue weighted by molar-refractivity contribution is 0.0879.